The van der Waals surface area contributed by atoms with Crippen molar-refractivity contribution >= 4 is 0 Å². The molecule has 0 saturated carbocycles. The number of unbranched alkanes of at least 4 members (excludes halogenated alkanes) is 3. The van der Waals surface area contributed by atoms with Crippen LogP contribution in [-0.2, 0) is 4.74 Å². The minimum absolute atomic E-state index is 0.0258. The molecule has 1 rings (SSSR count). The summed E-state index contributed by atoms with van der Waals surface area (Å²) < 4.78 is 5.91. The van der Waals surface area contributed by atoms with Gasteiger partial charge in [0.15, 0.2) is 0 Å². The van der Waals surface area contributed by atoms with E-state index in [9.17, 15) is 0 Å². The van der Waals surface area contributed by atoms with E-state index in [1.807, 2.05) is 25.1 Å². The van der Waals surface area contributed by atoms with Gasteiger partial charge in [-0.15, -0.1) is 0 Å². The van der Waals surface area contributed by atoms with Gasteiger partial charge in [-0.1, -0.05) is 56.5 Å². The highest BCUT2D eigenvalue weighted by atomic mass is 16.5. The van der Waals surface area contributed by atoms with Gasteiger partial charge in [-0.05, 0) is 18.9 Å². The first-order valence-electron chi connectivity index (χ1n) is 6.67. The van der Waals surface area contributed by atoms with Crippen molar-refractivity contribution in [2.75, 3.05) is 6.61 Å². The van der Waals surface area contributed by atoms with Crippen LogP contribution in [0.3, 0.4) is 0 Å². The lowest BCUT2D eigenvalue weighted by molar-refractivity contribution is 0.0359. The van der Waals surface area contributed by atoms with Gasteiger partial charge < -0.3 is 10.5 Å². The van der Waals surface area contributed by atoms with Gasteiger partial charge in [0, 0.05) is 12.6 Å². The Bertz CT molecular complexity index is 284. The fraction of sp³-hybridized carbons (Fsp3) is 0.600. The van der Waals surface area contributed by atoms with Crippen molar-refractivity contribution in [3.05, 3.63) is 35.9 Å². The third-order valence-corrected chi connectivity index (χ3v) is 2.90. The van der Waals surface area contributed by atoms with Crippen molar-refractivity contribution < 1.29 is 4.74 Å². The molecule has 1 aromatic carbocycles. The zero-order valence-corrected chi connectivity index (χ0v) is 11.1. The maximum atomic E-state index is 5.98. The summed E-state index contributed by atoms with van der Waals surface area (Å²) in [6.45, 7) is 5.03. The number of hydrogen-bond donors (Lipinski definition) is 1. The smallest absolute Gasteiger partial charge is 0.0972 e. The lowest BCUT2D eigenvalue weighted by Crippen LogP contribution is -2.27. The van der Waals surface area contributed by atoms with Crippen molar-refractivity contribution in [2.45, 2.75) is 51.7 Å². The fourth-order valence-corrected chi connectivity index (χ4v) is 1.93. The molecular weight excluding hydrogens is 210 g/mol. The molecule has 0 bridgehead atoms. The van der Waals surface area contributed by atoms with Crippen molar-refractivity contribution in [2.24, 2.45) is 5.73 Å². The largest absolute Gasteiger partial charge is 0.372 e. The predicted molar refractivity (Wildman–Crippen MR) is 72.9 cm³/mol. The second-order valence-electron chi connectivity index (χ2n) is 4.62. The summed E-state index contributed by atoms with van der Waals surface area (Å²) in [6, 6.07) is 10.3. The highest BCUT2D eigenvalue weighted by Crippen LogP contribution is 2.20. The topological polar surface area (TPSA) is 35.2 Å². The zero-order chi connectivity index (χ0) is 12.5. The normalized spacial score (nSPS) is 14.5. The van der Waals surface area contributed by atoms with E-state index in [1.165, 1.54) is 24.8 Å². The van der Waals surface area contributed by atoms with Crippen LogP contribution in [0.1, 0.15) is 51.2 Å². The number of hydrogen-bond acceptors (Lipinski definition) is 2. The summed E-state index contributed by atoms with van der Waals surface area (Å²) in [4.78, 5) is 0. The van der Waals surface area contributed by atoms with Crippen molar-refractivity contribution in [1.82, 2.24) is 0 Å². The lowest BCUT2D eigenvalue weighted by Gasteiger charge is -2.21. The Kier molecular flexibility index (Phi) is 6.90. The Morgan fingerprint density at radius 2 is 1.82 bits per heavy atom. The molecule has 0 aliphatic heterocycles. The lowest BCUT2D eigenvalue weighted by atomic mass is 10.0. The van der Waals surface area contributed by atoms with Crippen LogP contribution in [0.4, 0.5) is 0 Å². The van der Waals surface area contributed by atoms with E-state index in [4.69, 9.17) is 10.5 Å². The molecule has 2 N–H and O–H groups in total. The molecule has 2 atom stereocenters. The second kappa shape index (κ2) is 8.26. The van der Waals surface area contributed by atoms with E-state index in [1.54, 1.807) is 0 Å². The fourth-order valence-electron chi connectivity index (χ4n) is 1.93. The molecule has 0 amide bonds. The van der Waals surface area contributed by atoms with Crippen LogP contribution in [0.15, 0.2) is 30.3 Å². The predicted octanol–water partition coefficient (Wildman–Crippen LogP) is 3.67. The average molecular weight is 235 g/mol. The molecule has 0 aliphatic carbocycles. The Hall–Kier alpha value is -0.860. The summed E-state index contributed by atoms with van der Waals surface area (Å²) in [5, 5.41) is 0. The maximum Gasteiger partial charge on any atom is 0.0972 e. The Balaban J connectivity index is 2.40. The molecule has 0 aliphatic rings. The molecule has 0 aromatic heterocycles. The van der Waals surface area contributed by atoms with Crippen LogP contribution in [0.5, 0.6) is 0 Å². The van der Waals surface area contributed by atoms with E-state index < -0.39 is 0 Å². The number of ether oxygens (including phenoxy) is 1. The average Bonchev–Trinajstić information content (AvgIpc) is 2.34. The minimum atomic E-state index is 0.0258. The SMILES string of the molecule is CCCCCCOC(c1ccccc1)C(C)N. The summed E-state index contributed by atoms with van der Waals surface area (Å²) in [7, 11) is 0. The van der Waals surface area contributed by atoms with Gasteiger partial charge in [0.05, 0.1) is 6.10 Å². The Morgan fingerprint density at radius 1 is 1.12 bits per heavy atom. The summed E-state index contributed by atoms with van der Waals surface area (Å²) in [6.07, 6.45) is 4.95. The van der Waals surface area contributed by atoms with E-state index in [-0.39, 0.29) is 12.1 Å². The quantitative estimate of drug-likeness (QED) is 0.698. The highest BCUT2D eigenvalue weighted by Gasteiger charge is 2.15. The molecular formula is C15H25NO. The van der Waals surface area contributed by atoms with Crippen LogP contribution in [0.2, 0.25) is 0 Å². The minimum Gasteiger partial charge on any atom is -0.372 e. The highest BCUT2D eigenvalue weighted by molar-refractivity contribution is 5.18. The maximum absolute atomic E-state index is 5.98. The third-order valence-electron chi connectivity index (χ3n) is 2.90. The van der Waals surface area contributed by atoms with Gasteiger partial charge in [-0.25, -0.2) is 0 Å². The molecule has 0 heterocycles. The monoisotopic (exact) mass is 235 g/mol. The molecule has 96 valence electrons. The molecule has 0 fully saturated rings. The van der Waals surface area contributed by atoms with E-state index >= 15 is 0 Å². The third kappa shape index (κ3) is 5.33. The van der Waals surface area contributed by atoms with E-state index in [0.29, 0.717) is 0 Å². The summed E-state index contributed by atoms with van der Waals surface area (Å²) in [5.41, 5.74) is 7.16. The summed E-state index contributed by atoms with van der Waals surface area (Å²) >= 11 is 0. The molecule has 2 unspecified atom stereocenters. The molecule has 0 radical (unpaired) electrons. The first-order valence-corrected chi connectivity index (χ1v) is 6.67. The number of rotatable bonds is 8. The van der Waals surface area contributed by atoms with Gasteiger partial charge in [0.1, 0.15) is 0 Å². The first kappa shape index (κ1) is 14.2. The van der Waals surface area contributed by atoms with Crippen LogP contribution in [-0.4, -0.2) is 12.6 Å². The standard InChI is InChI=1S/C15H25NO/c1-3-4-5-9-12-17-15(13(2)16)14-10-7-6-8-11-14/h6-8,10-11,13,15H,3-5,9,12,16H2,1-2H3. The van der Waals surface area contributed by atoms with Crippen molar-refractivity contribution in [1.29, 1.82) is 0 Å². The Labute approximate surface area is 105 Å². The van der Waals surface area contributed by atoms with Crippen LogP contribution in [0, 0.1) is 0 Å². The van der Waals surface area contributed by atoms with Crippen molar-refractivity contribution in [3.63, 3.8) is 0 Å². The van der Waals surface area contributed by atoms with Crippen LogP contribution < -0.4 is 5.73 Å². The second-order valence-corrected chi connectivity index (χ2v) is 4.62. The number of benzene rings is 1. The molecule has 1 aromatic rings. The van der Waals surface area contributed by atoms with Crippen LogP contribution >= 0.6 is 0 Å². The van der Waals surface area contributed by atoms with Gasteiger partial charge in [0.2, 0.25) is 0 Å². The van der Waals surface area contributed by atoms with E-state index in [2.05, 4.69) is 19.1 Å². The molecule has 0 spiro atoms. The molecule has 2 nitrogen and oxygen atoms in total. The van der Waals surface area contributed by atoms with Crippen LogP contribution in [0.25, 0.3) is 0 Å². The van der Waals surface area contributed by atoms with Crippen molar-refractivity contribution in [3.8, 4) is 0 Å². The van der Waals surface area contributed by atoms with Gasteiger partial charge in [-0.3, -0.25) is 0 Å². The van der Waals surface area contributed by atoms with Gasteiger partial charge in [-0.2, -0.15) is 0 Å². The first-order chi connectivity index (χ1) is 8.25. The van der Waals surface area contributed by atoms with Gasteiger partial charge >= 0.3 is 0 Å². The van der Waals surface area contributed by atoms with Gasteiger partial charge in [0.25, 0.3) is 0 Å². The molecule has 0 saturated heterocycles. The number of nitrogens with two attached hydrogens (primary N) is 1. The Morgan fingerprint density at radius 3 is 2.41 bits per heavy atom. The zero-order valence-electron chi connectivity index (χ0n) is 11.1. The molecule has 2 heteroatoms. The summed E-state index contributed by atoms with van der Waals surface area (Å²) in [5.74, 6) is 0. The molecule has 17 heavy (non-hydrogen) atoms. The van der Waals surface area contributed by atoms with E-state index in [0.717, 1.165) is 13.0 Å².